The van der Waals surface area contributed by atoms with Gasteiger partial charge in [-0.05, 0) is 24.1 Å². The lowest BCUT2D eigenvalue weighted by Gasteiger charge is -2.30. The summed E-state index contributed by atoms with van der Waals surface area (Å²) in [6, 6.07) is 6.82. The van der Waals surface area contributed by atoms with Crippen molar-refractivity contribution in [2.24, 2.45) is 11.8 Å². The van der Waals surface area contributed by atoms with Crippen molar-refractivity contribution in [3.63, 3.8) is 0 Å². The van der Waals surface area contributed by atoms with Gasteiger partial charge >= 0.3 is 5.97 Å². The Morgan fingerprint density at radius 1 is 1.20 bits per heavy atom. The maximum atomic E-state index is 12.7. The first kappa shape index (κ1) is 17.4. The second kappa shape index (κ2) is 6.15. The zero-order chi connectivity index (χ0) is 18.4. The molecule has 25 heavy (non-hydrogen) atoms. The van der Waals surface area contributed by atoms with Crippen LogP contribution >= 0.6 is 0 Å². The van der Waals surface area contributed by atoms with Crippen molar-refractivity contribution in [1.82, 2.24) is 10.2 Å². The van der Waals surface area contributed by atoms with Crippen LogP contribution in [0.5, 0.6) is 5.75 Å². The van der Waals surface area contributed by atoms with E-state index >= 15 is 0 Å². The Hall–Kier alpha value is -2.41. The predicted molar refractivity (Wildman–Crippen MR) is 88.7 cm³/mol. The molecule has 0 radical (unpaired) electrons. The molecule has 7 heteroatoms. The summed E-state index contributed by atoms with van der Waals surface area (Å²) in [7, 11) is 4.33. The third-order valence-electron chi connectivity index (χ3n) is 5.46. The SMILES string of the molecule is CC[C@]1(C(=O)OC)N[C@@H](c2ccc(OC)cc2)[C@H]2C(=O)N(C)C(=O)[C@H]21. The number of esters is 1. The Kier molecular flexibility index (Phi) is 4.28. The molecule has 1 aromatic carbocycles. The number of fused-ring (bicyclic) bond motifs is 1. The number of methoxy groups -OCH3 is 2. The molecular weight excluding hydrogens is 324 g/mol. The zero-order valence-electron chi connectivity index (χ0n) is 14.7. The monoisotopic (exact) mass is 346 g/mol. The van der Waals surface area contributed by atoms with Gasteiger partial charge in [-0.25, -0.2) is 0 Å². The van der Waals surface area contributed by atoms with Crippen LogP contribution in [-0.2, 0) is 19.1 Å². The van der Waals surface area contributed by atoms with Crippen molar-refractivity contribution >= 4 is 17.8 Å². The van der Waals surface area contributed by atoms with Gasteiger partial charge in [-0.1, -0.05) is 19.1 Å². The Morgan fingerprint density at radius 2 is 1.84 bits per heavy atom. The van der Waals surface area contributed by atoms with Gasteiger partial charge in [0.15, 0.2) is 0 Å². The molecule has 1 aromatic rings. The van der Waals surface area contributed by atoms with E-state index in [0.717, 1.165) is 10.5 Å². The van der Waals surface area contributed by atoms with Crippen molar-refractivity contribution in [1.29, 1.82) is 0 Å². The summed E-state index contributed by atoms with van der Waals surface area (Å²) in [6.07, 6.45) is 0.348. The van der Waals surface area contributed by atoms with Crippen LogP contribution in [0.3, 0.4) is 0 Å². The van der Waals surface area contributed by atoms with Gasteiger partial charge in [0.05, 0.1) is 26.1 Å². The topological polar surface area (TPSA) is 84.9 Å². The Bertz CT molecular complexity index is 717. The van der Waals surface area contributed by atoms with Gasteiger partial charge in [0.25, 0.3) is 0 Å². The van der Waals surface area contributed by atoms with Crippen LogP contribution in [0.4, 0.5) is 0 Å². The van der Waals surface area contributed by atoms with Crippen LogP contribution in [0.25, 0.3) is 0 Å². The van der Waals surface area contributed by atoms with E-state index in [1.165, 1.54) is 14.2 Å². The summed E-state index contributed by atoms with van der Waals surface area (Å²) in [5.74, 6) is -1.84. The molecule has 2 amide bonds. The molecule has 2 saturated heterocycles. The van der Waals surface area contributed by atoms with E-state index < -0.39 is 29.4 Å². The average molecular weight is 346 g/mol. The molecule has 2 heterocycles. The van der Waals surface area contributed by atoms with Gasteiger partial charge in [-0.15, -0.1) is 0 Å². The molecule has 0 aromatic heterocycles. The molecule has 134 valence electrons. The minimum Gasteiger partial charge on any atom is -0.497 e. The number of carbonyl (C=O) groups excluding carboxylic acids is 3. The van der Waals surface area contributed by atoms with Gasteiger partial charge in [0.1, 0.15) is 11.3 Å². The highest BCUT2D eigenvalue weighted by Crippen LogP contribution is 2.50. The maximum Gasteiger partial charge on any atom is 0.326 e. The first-order valence-electron chi connectivity index (χ1n) is 8.22. The van der Waals surface area contributed by atoms with E-state index in [0.29, 0.717) is 12.2 Å². The van der Waals surface area contributed by atoms with Crippen LogP contribution in [0.1, 0.15) is 24.9 Å². The number of carbonyl (C=O) groups is 3. The summed E-state index contributed by atoms with van der Waals surface area (Å²) in [5, 5.41) is 3.26. The highest BCUT2D eigenvalue weighted by molar-refractivity contribution is 6.09. The van der Waals surface area contributed by atoms with Crippen molar-refractivity contribution in [2.75, 3.05) is 21.3 Å². The molecule has 4 atom stereocenters. The van der Waals surface area contributed by atoms with Crippen LogP contribution < -0.4 is 10.1 Å². The van der Waals surface area contributed by atoms with E-state index in [1.54, 1.807) is 19.2 Å². The first-order valence-corrected chi connectivity index (χ1v) is 8.22. The highest BCUT2D eigenvalue weighted by Gasteiger charge is 2.67. The quantitative estimate of drug-likeness (QED) is 0.644. The summed E-state index contributed by atoms with van der Waals surface area (Å²) in [4.78, 5) is 39.1. The van der Waals surface area contributed by atoms with Gasteiger partial charge in [-0.3, -0.25) is 24.6 Å². The molecule has 0 bridgehead atoms. The standard InChI is InChI=1S/C18H22N2O5/c1-5-18(17(23)25-4)13-12(15(21)20(2)16(13)22)14(19-18)10-6-8-11(24-3)9-7-10/h6-9,12-14,19H,5H2,1-4H3/t12-,13-,14-,18-/m0/s1. The van der Waals surface area contributed by atoms with E-state index in [4.69, 9.17) is 9.47 Å². The molecule has 0 unspecified atom stereocenters. The minimum atomic E-state index is -1.21. The lowest BCUT2D eigenvalue weighted by Crippen LogP contribution is -2.55. The summed E-state index contributed by atoms with van der Waals surface area (Å²) >= 11 is 0. The Labute approximate surface area is 146 Å². The van der Waals surface area contributed by atoms with Crippen molar-refractivity contribution in [3.05, 3.63) is 29.8 Å². The fraction of sp³-hybridized carbons (Fsp3) is 0.500. The number of likely N-dealkylation sites (tertiary alicyclic amines) is 1. The number of amides is 2. The molecule has 0 saturated carbocycles. The third kappa shape index (κ3) is 2.33. The number of hydrogen-bond donors (Lipinski definition) is 1. The molecular formula is C18H22N2O5. The lowest BCUT2D eigenvalue weighted by molar-refractivity contribution is -0.154. The highest BCUT2D eigenvalue weighted by atomic mass is 16.5. The van der Waals surface area contributed by atoms with E-state index in [-0.39, 0.29) is 11.8 Å². The number of hydrogen-bond acceptors (Lipinski definition) is 6. The number of ether oxygens (including phenoxy) is 2. The van der Waals surface area contributed by atoms with Gasteiger partial charge in [0, 0.05) is 13.1 Å². The van der Waals surface area contributed by atoms with Gasteiger partial charge in [-0.2, -0.15) is 0 Å². The second-order valence-electron chi connectivity index (χ2n) is 6.45. The first-order chi connectivity index (χ1) is 11.9. The minimum absolute atomic E-state index is 0.275. The Balaban J connectivity index is 2.09. The van der Waals surface area contributed by atoms with E-state index in [1.807, 2.05) is 19.1 Å². The number of nitrogens with zero attached hydrogens (tertiary/aromatic N) is 1. The molecule has 2 aliphatic heterocycles. The second-order valence-corrected chi connectivity index (χ2v) is 6.45. The molecule has 2 aliphatic rings. The van der Waals surface area contributed by atoms with Crippen LogP contribution in [-0.4, -0.2) is 49.5 Å². The zero-order valence-corrected chi connectivity index (χ0v) is 14.7. The predicted octanol–water partition coefficient (Wildman–Crippen LogP) is 0.892. The number of benzene rings is 1. The van der Waals surface area contributed by atoms with Crippen LogP contribution in [0, 0.1) is 11.8 Å². The van der Waals surface area contributed by atoms with Crippen molar-refractivity contribution in [3.8, 4) is 5.75 Å². The fourth-order valence-corrected chi connectivity index (χ4v) is 4.08. The van der Waals surface area contributed by atoms with Crippen LogP contribution in [0.15, 0.2) is 24.3 Å². The third-order valence-corrected chi connectivity index (χ3v) is 5.46. The van der Waals surface area contributed by atoms with Crippen LogP contribution in [0.2, 0.25) is 0 Å². The molecule has 3 rings (SSSR count). The number of nitrogens with one attached hydrogen (secondary N) is 1. The summed E-state index contributed by atoms with van der Waals surface area (Å²) < 4.78 is 10.1. The molecule has 1 N–H and O–H groups in total. The molecule has 7 nitrogen and oxygen atoms in total. The van der Waals surface area contributed by atoms with Gasteiger partial charge < -0.3 is 9.47 Å². The average Bonchev–Trinajstić information content (AvgIpc) is 3.11. The fourth-order valence-electron chi connectivity index (χ4n) is 4.08. The van der Waals surface area contributed by atoms with E-state index in [2.05, 4.69) is 5.32 Å². The van der Waals surface area contributed by atoms with Crippen molar-refractivity contribution < 1.29 is 23.9 Å². The van der Waals surface area contributed by atoms with Gasteiger partial charge in [0.2, 0.25) is 11.8 Å². The summed E-state index contributed by atoms with van der Waals surface area (Å²) in [5.41, 5.74) is -0.381. The number of rotatable bonds is 4. The molecule has 2 fully saturated rings. The number of imide groups is 1. The summed E-state index contributed by atoms with van der Waals surface area (Å²) in [6.45, 7) is 1.81. The maximum absolute atomic E-state index is 12.7. The lowest BCUT2D eigenvalue weighted by atomic mass is 9.78. The normalized spacial score (nSPS) is 31.2. The smallest absolute Gasteiger partial charge is 0.326 e. The Morgan fingerprint density at radius 3 is 2.36 bits per heavy atom. The van der Waals surface area contributed by atoms with E-state index in [9.17, 15) is 14.4 Å². The molecule has 0 aliphatic carbocycles. The van der Waals surface area contributed by atoms with Crippen molar-refractivity contribution in [2.45, 2.75) is 24.9 Å². The largest absolute Gasteiger partial charge is 0.497 e. The molecule has 0 spiro atoms.